The van der Waals surface area contributed by atoms with E-state index in [1.54, 1.807) is 4.90 Å². The number of nitrogens with zero attached hydrogens (tertiary/aromatic N) is 1. The zero-order valence-corrected chi connectivity index (χ0v) is 19.5. The smallest absolute Gasteiger partial charge is 0.243 e. The molecule has 2 rings (SSSR count). The van der Waals surface area contributed by atoms with Crippen LogP contribution in [-0.4, -0.2) is 28.3 Å². The average Bonchev–Trinajstić information content (AvgIpc) is 2.64. The zero-order chi connectivity index (χ0) is 22.5. The molecule has 0 saturated heterocycles. The molecule has 0 bridgehead atoms. The molecule has 0 aliphatic heterocycles. The molecular formula is C26H36N2O2. The average molecular weight is 409 g/mol. The SMILES string of the molecule is CC[C@H](C(=O)NC(C)(C)C)N(Cc1ccc(C)cc1)C(=O)Cc1ccc(C)c(C)c1. The van der Waals surface area contributed by atoms with Gasteiger partial charge in [0.15, 0.2) is 0 Å². The van der Waals surface area contributed by atoms with Crippen LogP contribution in [0.3, 0.4) is 0 Å². The van der Waals surface area contributed by atoms with Gasteiger partial charge in [0, 0.05) is 12.1 Å². The summed E-state index contributed by atoms with van der Waals surface area (Å²) in [7, 11) is 0. The number of amides is 2. The second-order valence-electron chi connectivity index (χ2n) is 9.27. The van der Waals surface area contributed by atoms with Crippen molar-refractivity contribution in [2.45, 2.75) is 79.4 Å². The van der Waals surface area contributed by atoms with Gasteiger partial charge in [0.25, 0.3) is 0 Å². The molecule has 4 nitrogen and oxygen atoms in total. The number of nitrogens with one attached hydrogen (secondary N) is 1. The van der Waals surface area contributed by atoms with Gasteiger partial charge in [-0.2, -0.15) is 0 Å². The summed E-state index contributed by atoms with van der Waals surface area (Å²) in [6, 6.07) is 13.7. The number of rotatable bonds is 7. The van der Waals surface area contributed by atoms with Crippen LogP contribution in [0.15, 0.2) is 42.5 Å². The van der Waals surface area contributed by atoms with Crippen molar-refractivity contribution in [2.24, 2.45) is 0 Å². The van der Waals surface area contributed by atoms with Gasteiger partial charge in [-0.15, -0.1) is 0 Å². The standard InChI is InChI=1S/C26H36N2O2/c1-8-23(25(30)27-26(5,6)7)28(17-21-12-9-18(2)10-13-21)24(29)16-22-14-11-19(3)20(4)15-22/h9-15,23H,8,16-17H2,1-7H3,(H,27,30)/t23-/m1/s1. The molecule has 0 unspecified atom stereocenters. The van der Waals surface area contributed by atoms with E-state index in [0.717, 1.165) is 11.1 Å². The minimum atomic E-state index is -0.510. The van der Waals surface area contributed by atoms with E-state index in [1.807, 2.05) is 71.0 Å². The van der Waals surface area contributed by atoms with Gasteiger partial charge >= 0.3 is 0 Å². The second kappa shape index (κ2) is 9.92. The molecule has 1 atom stereocenters. The molecule has 0 aliphatic carbocycles. The maximum Gasteiger partial charge on any atom is 0.243 e. The Morgan fingerprint density at radius 2 is 1.53 bits per heavy atom. The second-order valence-corrected chi connectivity index (χ2v) is 9.27. The molecule has 0 radical (unpaired) electrons. The molecule has 0 fully saturated rings. The molecule has 0 aromatic heterocycles. The normalized spacial score (nSPS) is 12.4. The quantitative estimate of drug-likeness (QED) is 0.710. The molecule has 0 spiro atoms. The minimum Gasteiger partial charge on any atom is -0.350 e. The van der Waals surface area contributed by atoms with Crippen molar-refractivity contribution < 1.29 is 9.59 Å². The van der Waals surface area contributed by atoms with Crippen LogP contribution in [0.25, 0.3) is 0 Å². The summed E-state index contributed by atoms with van der Waals surface area (Å²) in [6.45, 7) is 14.4. The molecule has 1 N–H and O–H groups in total. The zero-order valence-electron chi connectivity index (χ0n) is 19.5. The maximum absolute atomic E-state index is 13.4. The lowest BCUT2D eigenvalue weighted by molar-refractivity contribution is -0.141. The van der Waals surface area contributed by atoms with Crippen molar-refractivity contribution in [3.8, 4) is 0 Å². The molecule has 162 valence electrons. The van der Waals surface area contributed by atoms with E-state index in [0.29, 0.717) is 13.0 Å². The van der Waals surface area contributed by atoms with E-state index < -0.39 is 6.04 Å². The van der Waals surface area contributed by atoms with E-state index >= 15 is 0 Å². The van der Waals surface area contributed by atoms with Gasteiger partial charge < -0.3 is 10.2 Å². The largest absolute Gasteiger partial charge is 0.350 e. The van der Waals surface area contributed by atoms with Crippen LogP contribution in [0, 0.1) is 20.8 Å². The summed E-state index contributed by atoms with van der Waals surface area (Å²) in [5, 5.41) is 3.05. The number of carbonyl (C=O) groups is 2. The fraction of sp³-hybridized carbons (Fsp3) is 0.462. The fourth-order valence-corrected chi connectivity index (χ4v) is 3.45. The van der Waals surface area contributed by atoms with Crippen molar-refractivity contribution in [1.82, 2.24) is 10.2 Å². The fourth-order valence-electron chi connectivity index (χ4n) is 3.45. The van der Waals surface area contributed by atoms with Crippen LogP contribution < -0.4 is 5.32 Å². The van der Waals surface area contributed by atoms with Gasteiger partial charge in [-0.1, -0.05) is 55.0 Å². The Hall–Kier alpha value is -2.62. The Morgan fingerprint density at radius 1 is 0.933 bits per heavy atom. The Bertz CT molecular complexity index is 879. The third-order valence-electron chi connectivity index (χ3n) is 5.28. The maximum atomic E-state index is 13.4. The number of benzene rings is 2. The van der Waals surface area contributed by atoms with Crippen molar-refractivity contribution in [2.75, 3.05) is 0 Å². The van der Waals surface area contributed by atoms with Crippen LogP contribution in [0.1, 0.15) is 61.9 Å². The van der Waals surface area contributed by atoms with Crippen molar-refractivity contribution in [3.05, 3.63) is 70.3 Å². The number of hydrogen-bond acceptors (Lipinski definition) is 2. The van der Waals surface area contributed by atoms with Gasteiger partial charge in [-0.3, -0.25) is 9.59 Å². The first-order chi connectivity index (χ1) is 14.0. The van der Waals surface area contributed by atoms with E-state index in [9.17, 15) is 9.59 Å². The molecule has 30 heavy (non-hydrogen) atoms. The van der Waals surface area contributed by atoms with Crippen LogP contribution >= 0.6 is 0 Å². The first-order valence-corrected chi connectivity index (χ1v) is 10.7. The first kappa shape index (κ1) is 23.7. The van der Waals surface area contributed by atoms with Crippen LogP contribution in [0.5, 0.6) is 0 Å². The van der Waals surface area contributed by atoms with Gasteiger partial charge in [0.1, 0.15) is 6.04 Å². The minimum absolute atomic E-state index is 0.0327. The highest BCUT2D eigenvalue weighted by atomic mass is 16.2. The lowest BCUT2D eigenvalue weighted by atomic mass is 10.0. The van der Waals surface area contributed by atoms with Gasteiger partial charge in [-0.05, 0) is 70.2 Å². The Labute approximate surface area is 181 Å². The van der Waals surface area contributed by atoms with Crippen LogP contribution in [-0.2, 0) is 22.6 Å². The summed E-state index contributed by atoms with van der Waals surface area (Å²) < 4.78 is 0. The van der Waals surface area contributed by atoms with E-state index in [4.69, 9.17) is 0 Å². The van der Waals surface area contributed by atoms with Gasteiger partial charge in [-0.25, -0.2) is 0 Å². The molecule has 4 heteroatoms. The summed E-state index contributed by atoms with van der Waals surface area (Å²) in [5.41, 5.74) is 5.20. The Morgan fingerprint density at radius 3 is 2.07 bits per heavy atom. The predicted octanol–water partition coefficient (Wildman–Crippen LogP) is 4.88. The van der Waals surface area contributed by atoms with Crippen LogP contribution in [0.2, 0.25) is 0 Å². The summed E-state index contributed by atoms with van der Waals surface area (Å²) in [5.74, 6) is -0.139. The molecule has 2 aromatic rings. The molecule has 2 amide bonds. The lowest BCUT2D eigenvalue weighted by Gasteiger charge is -2.33. The molecular weight excluding hydrogens is 372 g/mol. The highest BCUT2D eigenvalue weighted by Gasteiger charge is 2.30. The van der Waals surface area contributed by atoms with Crippen LogP contribution in [0.4, 0.5) is 0 Å². The molecule has 0 saturated carbocycles. The highest BCUT2D eigenvalue weighted by molar-refractivity contribution is 5.88. The number of aryl methyl sites for hydroxylation is 3. The summed E-state index contributed by atoms with van der Waals surface area (Å²) in [4.78, 5) is 28.2. The van der Waals surface area contributed by atoms with Gasteiger partial charge in [0.2, 0.25) is 11.8 Å². The first-order valence-electron chi connectivity index (χ1n) is 10.7. The summed E-state index contributed by atoms with van der Waals surface area (Å²) >= 11 is 0. The third-order valence-corrected chi connectivity index (χ3v) is 5.28. The van der Waals surface area contributed by atoms with E-state index in [1.165, 1.54) is 16.7 Å². The molecule has 0 aliphatic rings. The topological polar surface area (TPSA) is 49.4 Å². The highest BCUT2D eigenvalue weighted by Crippen LogP contribution is 2.17. The Balaban J connectivity index is 2.32. The predicted molar refractivity (Wildman–Crippen MR) is 123 cm³/mol. The van der Waals surface area contributed by atoms with Crippen molar-refractivity contribution in [1.29, 1.82) is 0 Å². The van der Waals surface area contributed by atoms with E-state index in [-0.39, 0.29) is 23.8 Å². The van der Waals surface area contributed by atoms with E-state index in [2.05, 4.69) is 25.2 Å². The molecule has 2 aromatic carbocycles. The number of hydrogen-bond donors (Lipinski definition) is 1. The summed E-state index contributed by atoms with van der Waals surface area (Å²) in [6.07, 6.45) is 0.846. The Kier molecular flexibility index (Phi) is 7.83. The number of carbonyl (C=O) groups excluding carboxylic acids is 2. The van der Waals surface area contributed by atoms with Crippen molar-refractivity contribution >= 4 is 11.8 Å². The molecule has 0 heterocycles. The van der Waals surface area contributed by atoms with Gasteiger partial charge in [0.05, 0.1) is 6.42 Å². The lowest BCUT2D eigenvalue weighted by Crippen LogP contribution is -2.53. The monoisotopic (exact) mass is 408 g/mol. The van der Waals surface area contributed by atoms with Crippen molar-refractivity contribution in [3.63, 3.8) is 0 Å². The third kappa shape index (κ3) is 6.72.